The minimum atomic E-state index is -0.736. The van der Waals surface area contributed by atoms with E-state index in [1.807, 2.05) is 6.92 Å². The Morgan fingerprint density at radius 3 is 2.35 bits per heavy atom. The van der Waals surface area contributed by atoms with Crippen molar-refractivity contribution in [3.8, 4) is 17.2 Å². The number of nitrogens with one attached hydrogen (secondary N) is 1. The van der Waals surface area contributed by atoms with Crippen molar-refractivity contribution >= 4 is 34.2 Å². The second-order valence-electron chi connectivity index (χ2n) is 6.59. The molecule has 0 spiro atoms. The largest absolute Gasteiger partial charge is 0.490 e. The predicted molar refractivity (Wildman–Crippen MR) is 120 cm³/mol. The topological polar surface area (TPSA) is 77.8 Å². The van der Waals surface area contributed by atoms with Crippen LogP contribution in [0.2, 0.25) is 5.02 Å². The van der Waals surface area contributed by atoms with Crippen LogP contribution in [0.4, 0.5) is 5.69 Å². The van der Waals surface area contributed by atoms with Crippen molar-refractivity contribution in [2.75, 3.05) is 11.9 Å². The summed E-state index contributed by atoms with van der Waals surface area (Å²) in [5.41, 5.74) is -0.00638. The van der Waals surface area contributed by atoms with Crippen LogP contribution >= 0.6 is 11.6 Å². The van der Waals surface area contributed by atoms with Crippen molar-refractivity contribution < 1.29 is 18.7 Å². The SMILES string of the molecule is CCOc1cccc2cc(C(=O)Nc3ccc(Oc4ccc(Cl)cc4)cc3)c(=O)oc12. The number of fused-ring (bicyclic) bond motifs is 1. The number of halogens is 1. The monoisotopic (exact) mass is 435 g/mol. The number of carbonyl (C=O) groups is 1. The smallest absolute Gasteiger partial charge is 0.349 e. The van der Waals surface area contributed by atoms with E-state index in [2.05, 4.69) is 5.32 Å². The molecule has 7 heteroatoms. The van der Waals surface area contributed by atoms with Gasteiger partial charge in [0.25, 0.3) is 5.91 Å². The zero-order chi connectivity index (χ0) is 21.8. The Hall–Kier alpha value is -3.77. The van der Waals surface area contributed by atoms with Gasteiger partial charge in [-0.05, 0) is 67.6 Å². The lowest BCUT2D eigenvalue weighted by Crippen LogP contribution is -2.20. The molecular weight excluding hydrogens is 418 g/mol. The van der Waals surface area contributed by atoms with Crippen LogP contribution in [-0.4, -0.2) is 12.5 Å². The molecule has 3 aromatic carbocycles. The predicted octanol–water partition coefficient (Wildman–Crippen LogP) is 5.89. The van der Waals surface area contributed by atoms with Gasteiger partial charge < -0.3 is 19.2 Å². The summed E-state index contributed by atoms with van der Waals surface area (Å²) in [6, 6.07) is 20.5. The second kappa shape index (κ2) is 8.93. The van der Waals surface area contributed by atoms with E-state index in [1.54, 1.807) is 66.7 Å². The average Bonchev–Trinajstić information content (AvgIpc) is 2.77. The van der Waals surface area contributed by atoms with Crippen LogP contribution in [0, 0.1) is 0 Å². The Morgan fingerprint density at radius 1 is 1.00 bits per heavy atom. The Labute approximate surface area is 183 Å². The summed E-state index contributed by atoms with van der Waals surface area (Å²) >= 11 is 5.87. The highest BCUT2D eigenvalue weighted by Gasteiger charge is 2.16. The molecule has 0 aliphatic heterocycles. The van der Waals surface area contributed by atoms with Gasteiger partial charge in [0, 0.05) is 16.1 Å². The third-order valence-electron chi connectivity index (χ3n) is 4.43. The van der Waals surface area contributed by atoms with Crippen molar-refractivity contribution in [2.24, 2.45) is 0 Å². The van der Waals surface area contributed by atoms with Gasteiger partial charge in [0.2, 0.25) is 0 Å². The number of hydrogen-bond donors (Lipinski definition) is 1. The van der Waals surface area contributed by atoms with E-state index in [0.717, 1.165) is 0 Å². The van der Waals surface area contributed by atoms with E-state index in [1.165, 1.54) is 6.07 Å². The van der Waals surface area contributed by atoms with E-state index in [-0.39, 0.29) is 5.56 Å². The standard InChI is InChI=1S/C24H18ClNO5/c1-2-29-21-5-3-4-15-14-20(24(28)31-22(15)21)23(27)26-17-8-12-19(13-9-17)30-18-10-6-16(25)7-11-18/h3-14H,2H2,1H3,(H,26,27). The minimum Gasteiger partial charge on any atom is -0.490 e. The Bertz CT molecular complexity index is 1280. The molecule has 0 bridgehead atoms. The minimum absolute atomic E-state index is 0.0948. The van der Waals surface area contributed by atoms with Crippen molar-refractivity contribution in [1.29, 1.82) is 0 Å². The lowest BCUT2D eigenvalue weighted by atomic mass is 10.1. The second-order valence-corrected chi connectivity index (χ2v) is 7.03. The van der Waals surface area contributed by atoms with Gasteiger partial charge in [-0.15, -0.1) is 0 Å². The summed E-state index contributed by atoms with van der Waals surface area (Å²) in [7, 11) is 0. The summed E-state index contributed by atoms with van der Waals surface area (Å²) < 4.78 is 16.6. The highest BCUT2D eigenvalue weighted by Crippen LogP contribution is 2.26. The molecule has 1 aromatic heterocycles. The summed E-state index contributed by atoms with van der Waals surface area (Å²) in [5.74, 6) is 1.12. The number of rotatable bonds is 6. The maximum Gasteiger partial charge on any atom is 0.349 e. The Kier molecular flexibility index (Phi) is 5.91. The molecule has 0 atom stereocenters. The third kappa shape index (κ3) is 4.70. The molecule has 4 rings (SSSR count). The van der Waals surface area contributed by atoms with Gasteiger partial charge in [-0.2, -0.15) is 0 Å². The van der Waals surface area contributed by atoms with Crippen molar-refractivity contribution in [3.63, 3.8) is 0 Å². The summed E-state index contributed by atoms with van der Waals surface area (Å²) in [5, 5.41) is 3.92. The molecule has 0 aliphatic rings. The molecule has 1 amide bonds. The maximum absolute atomic E-state index is 12.7. The number of anilines is 1. The first-order valence-corrected chi connectivity index (χ1v) is 9.96. The lowest BCUT2D eigenvalue weighted by Gasteiger charge is -2.09. The number of ether oxygens (including phenoxy) is 2. The fraction of sp³-hybridized carbons (Fsp3) is 0.0833. The van der Waals surface area contributed by atoms with E-state index in [0.29, 0.717) is 45.5 Å². The van der Waals surface area contributed by atoms with Crippen LogP contribution in [0.5, 0.6) is 17.2 Å². The zero-order valence-corrected chi connectivity index (χ0v) is 17.3. The summed E-state index contributed by atoms with van der Waals surface area (Å²) in [6.45, 7) is 2.27. The van der Waals surface area contributed by atoms with Crippen LogP contribution in [-0.2, 0) is 0 Å². The molecule has 6 nitrogen and oxygen atoms in total. The van der Waals surface area contributed by atoms with Gasteiger partial charge in [-0.1, -0.05) is 23.7 Å². The average molecular weight is 436 g/mol. The summed E-state index contributed by atoms with van der Waals surface area (Å²) in [6.07, 6.45) is 0. The lowest BCUT2D eigenvalue weighted by molar-refractivity contribution is 0.102. The Morgan fingerprint density at radius 2 is 1.68 bits per heavy atom. The fourth-order valence-corrected chi connectivity index (χ4v) is 3.11. The van der Waals surface area contributed by atoms with Gasteiger partial charge in [0.1, 0.15) is 17.1 Å². The number of para-hydroxylation sites is 1. The van der Waals surface area contributed by atoms with Crippen molar-refractivity contribution in [3.05, 3.63) is 93.8 Å². The highest BCUT2D eigenvalue weighted by molar-refractivity contribution is 6.30. The van der Waals surface area contributed by atoms with E-state index >= 15 is 0 Å². The molecule has 0 saturated carbocycles. The molecule has 1 heterocycles. The van der Waals surface area contributed by atoms with Crippen LogP contribution in [0.25, 0.3) is 11.0 Å². The fourth-order valence-electron chi connectivity index (χ4n) is 2.99. The molecule has 0 aliphatic carbocycles. The van der Waals surface area contributed by atoms with Crippen LogP contribution in [0.15, 0.2) is 82.0 Å². The third-order valence-corrected chi connectivity index (χ3v) is 4.68. The van der Waals surface area contributed by atoms with Crippen LogP contribution < -0.4 is 20.4 Å². The van der Waals surface area contributed by atoms with Gasteiger partial charge in [0.15, 0.2) is 11.3 Å². The van der Waals surface area contributed by atoms with Crippen molar-refractivity contribution in [1.82, 2.24) is 0 Å². The molecule has 4 aromatic rings. The van der Waals surface area contributed by atoms with Crippen molar-refractivity contribution in [2.45, 2.75) is 6.92 Å². The zero-order valence-electron chi connectivity index (χ0n) is 16.6. The first kappa shape index (κ1) is 20.5. The molecule has 0 fully saturated rings. The molecule has 156 valence electrons. The van der Waals surface area contributed by atoms with Gasteiger partial charge in [0.05, 0.1) is 6.61 Å². The van der Waals surface area contributed by atoms with Gasteiger partial charge in [-0.25, -0.2) is 4.79 Å². The summed E-state index contributed by atoms with van der Waals surface area (Å²) in [4.78, 5) is 25.0. The van der Waals surface area contributed by atoms with E-state index in [9.17, 15) is 9.59 Å². The number of amides is 1. The quantitative estimate of drug-likeness (QED) is 0.382. The van der Waals surface area contributed by atoms with Crippen LogP contribution in [0.3, 0.4) is 0 Å². The highest BCUT2D eigenvalue weighted by atomic mass is 35.5. The normalized spacial score (nSPS) is 10.6. The first-order chi connectivity index (χ1) is 15.0. The molecule has 0 unspecified atom stereocenters. The molecular formula is C24H18ClNO5. The van der Waals surface area contributed by atoms with E-state index in [4.69, 9.17) is 25.5 Å². The molecule has 0 saturated heterocycles. The Balaban J connectivity index is 1.51. The number of benzene rings is 3. The molecule has 1 N–H and O–H groups in total. The number of hydrogen-bond acceptors (Lipinski definition) is 5. The van der Waals surface area contributed by atoms with Crippen LogP contribution in [0.1, 0.15) is 17.3 Å². The maximum atomic E-state index is 12.7. The van der Waals surface area contributed by atoms with Gasteiger partial charge >= 0.3 is 5.63 Å². The van der Waals surface area contributed by atoms with E-state index < -0.39 is 11.5 Å². The molecule has 0 radical (unpaired) electrons. The first-order valence-electron chi connectivity index (χ1n) is 9.58. The van der Waals surface area contributed by atoms with Gasteiger partial charge in [-0.3, -0.25) is 4.79 Å². The number of carbonyl (C=O) groups excluding carboxylic acids is 1. The molecule has 31 heavy (non-hydrogen) atoms.